The first-order chi connectivity index (χ1) is 9.40. The summed E-state index contributed by atoms with van der Waals surface area (Å²) in [6.45, 7) is 2.26. The third kappa shape index (κ3) is 2.77. The molecule has 5 nitrogen and oxygen atoms in total. The molecule has 0 aliphatic heterocycles. The molecule has 0 fully saturated rings. The van der Waals surface area contributed by atoms with Gasteiger partial charge in [-0.1, -0.05) is 17.7 Å². The van der Waals surface area contributed by atoms with Gasteiger partial charge in [-0.15, -0.1) is 0 Å². The van der Waals surface area contributed by atoms with E-state index in [1.54, 1.807) is 13.2 Å². The van der Waals surface area contributed by atoms with E-state index in [0.717, 1.165) is 15.8 Å². The Kier molecular flexibility index (Phi) is 3.99. The Labute approximate surface area is 121 Å². The van der Waals surface area contributed by atoms with Crippen LogP contribution in [0.1, 0.15) is 11.1 Å². The molecule has 106 valence electrons. The number of anilines is 1. The number of aryl methyl sites for hydroxylation is 2. The van der Waals surface area contributed by atoms with Crippen molar-refractivity contribution in [2.75, 3.05) is 5.32 Å². The minimum atomic E-state index is -0.336. The Balaban J connectivity index is 2.25. The average Bonchev–Trinajstić information content (AvgIpc) is 2.42. The molecule has 0 spiro atoms. The molecule has 1 aromatic carbocycles. The second-order valence-corrected chi connectivity index (χ2v) is 5.14. The van der Waals surface area contributed by atoms with E-state index in [1.165, 1.54) is 11.6 Å². The van der Waals surface area contributed by atoms with Crippen molar-refractivity contribution in [3.63, 3.8) is 0 Å². The SMILES string of the molecule is Cc1ccc(NCc2cn(C)c(=O)n(C)c2=O)cc1Cl. The normalized spacial score (nSPS) is 10.6. The standard InChI is InChI=1S/C14H16ClN3O2/c1-9-4-5-11(6-12(9)15)16-7-10-8-17(2)14(20)18(3)13(10)19/h4-6,8,16H,7H2,1-3H3. The number of hydrogen-bond donors (Lipinski definition) is 1. The fourth-order valence-corrected chi connectivity index (χ4v) is 2.08. The summed E-state index contributed by atoms with van der Waals surface area (Å²) in [5.74, 6) is 0. The van der Waals surface area contributed by atoms with E-state index in [1.807, 2.05) is 25.1 Å². The summed E-state index contributed by atoms with van der Waals surface area (Å²) in [6, 6.07) is 5.61. The van der Waals surface area contributed by atoms with Crippen LogP contribution in [0.4, 0.5) is 5.69 Å². The van der Waals surface area contributed by atoms with Crippen molar-refractivity contribution in [1.29, 1.82) is 0 Å². The van der Waals surface area contributed by atoms with Crippen molar-refractivity contribution in [2.24, 2.45) is 14.1 Å². The molecular weight excluding hydrogens is 278 g/mol. The second kappa shape index (κ2) is 5.54. The number of nitrogens with one attached hydrogen (secondary N) is 1. The van der Waals surface area contributed by atoms with Crippen LogP contribution in [0.15, 0.2) is 34.0 Å². The van der Waals surface area contributed by atoms with E-state index >= 15 is 0 Å². The topological polar surface area (TPSA) is 56.0 Å². The van der Waals surface area contributed by atoms with Gasteiger partial charge in [0.25, 0.3) is 5.56 Å². The Morgan fingerprint density at radius 1 is 1.25 bits per heavy atom. The quantitative estimate of drug-likeness (QED) is 0.936. The molecule has 0 radical (unpaired) electrons. The van der Waals surface area contributed by atoms with Crippen molar-refractivity contribution >= 4 is 17.3 Å². The summed E-state index contributed by atoms with van der Waals surface area (Å²) in [6.07, 6.45) is 1.55. The van der Waals surface area contributed by atoms with Crippen LogP contribution in [-0.2, 0) is 20.6 Å². The Hall–Kier alpha value is -2.01. The Morgan fingerprint density at radius 3 is 2.60 bits per heavy atom. The van der Waals surface area contributed by atoms with Gasteiger partial charge in [0.2, 0.25) is 0 Å². The molecule has 0 aliphatic carbocycles. The maximum atomic E-state index is 12.0. The Bertz CT molecular complexity index is 762. The summed E-state index contributed by atoms with van der Waals surface area (Å²) in [4.78, 5) is 23.6. The van der Waals surface area contributed by atoms with E-state index in [9.17, 15) is 9.59 Å². The molecule has 6 heteroatoms. The summed E-state index contributed by atoms with van der Waals surface area (Å²) in [5.41, 5.74) is 1.72. The molecule has 0 amide bonds. The van der Waals surface area contributed by atoms with Crippen LogP contribution in [0.25, 0.3) is 0 Å². The van der Waals surface area contributed by atoms with Gasteiger partial charge in [-0.2, -0.15) is 0 Å². The molecule has 0 saturated carbocycles. The zero-order chi connectivity index (χ0) is 14.9. The molecule has 1 heterocycles. The molecule has 1 N–H and O–H groups in total. The fourth-order valence-electron chi connectivity index (χ4n) is 1.90. The van der Waals surface area contributed by atoms with Crippen molar-refractivity contribution in [3.05, 3.63) is 61.4 Å². The number of aromatic nitrogens is 2. The largest absolute Gasteiger partial charge is 0.381 e. The number of halogens is 1. The van der Waals surface area contributed by atoms with Gasteiger partial charge in [-0.05, 0) is 24.6 Å². The lowest BCUT2D eigenvalue weighted by Gasteiger charge is -2.10. The lowest BCUT2D eigenvalue weighted by molar-refractivity contribution is 0.671. The highest BCUT2D eigenvalue weighted by molar-refractivity contribution is 6.31. The average molecular weight is 294 g/mol. The van der Waals surface area contributed by atoms with Gasteiger partial charge >= 0.3 is 5.69 Å². The highest BCUT2D eigenvalue weighted by Gasteiger charge is 2.06. The summed E-state index contributed by atoms with van der Waals surface area (Å²) in [5, 5.41) is 3.80. The smallest absolute Gasteiger partial charge is 0.330 e. The highest BCUT2D eigenvalue weighted by Crippen LogP contribution is 2.20. The van der Waals surface area contributed by atoms with Crippen molar-refractivity contribution in [1.82, 2.24) is 9.13 Å². The maximum Gasteiger partial charge on any atom is 0.330 e. The molecule has 2 rings (SSSR count). The van der Waals surface area contributed by atoms with Crippen molar-refractivity contribution < 1.29 is 0 Å². The third-order valence-electron chi connectivity index (χ3n) is 3.17. The highest BCUT2D eigenvalue weighted by atomic mass is 35.5. The van der Waals surface area contributed by atoms with E-state index in [2.05, 4.69) is 5.32 Å². The zero-order valence-electron chi connectivity index (χ0n) is 11.6. The Morgan fingerprint density at radius 2 is 1.95 bits per heavy atom. The van der Waals surface area contributed by atoms with E-state index in [4.69, 9.17) is 11.6 Å². The van der Waals surface area contributed by atoms with Gasteiger partial charge in [-0.3, -0.25) is 9.36 Å². The van der Waals surface area contributed by atoms with Gasteiger partial charge in [-0.25, -0.2) is 4.79 Å². The molecule has 20 heavy (non-hydrogen) atoms. The first-order valence-corrected chi connectivity index (χ1v) is 6.53. The molecule has 0 aliphatic rings. The minimum absolute atomic E-state index is 0.293. The van der Waals surface area contributed by atoms with Gasteiger partial charge in [0.1, 0.15) is 0 Å². The van der Waals surface area contributed by atoms with Crippen LogP contribution in [-0.4, -0.2) is 9.13 Å². The van der Waals surface area contributed by atoms with Gasteiger partial charge in [0.15, 0.2) is 0 Å². The van der Waals surface area contributed by atoms with Gasteiger partial charge in [0, 0.05) is 37.5 Å². The third-order valence-corrected chi connectivity index (χ3v) is 3.58. The van der Waals surface area contributed by atoms with Gasteiger partial charge in [0.05, 0.1) is 5.56 Å². The number of hydrogen-bond acceptors (Lipinski definition) is 3. The second-order valence-electron chi connectivity index (χ2n) is 4.73. The van der Waals surface area contributed by atoms with Crippen LogP contribution in [0, 0.1) is 6.92 Å². The van der Waals surface area contributed by atoms with Crippen LogP contribution < -0.4 is 16.6 Å². The molecule has 2 aromatic rings. The molecular formula is C14H16ClN3O2. The summed E-state index contributed by atoms with van der Waals surface area (Å²) in [7, 11) is 3.09. The number of nitrogens with zero attached hydrogens (tertiary/aromatic N) is 2. The van der Waals surface area contributed by atoms with Crippen LogP contribution in [0.5, 0.6) is 0 Å². The lowest BCUT2D eigenvalue weighted by Crippen LogP contribution is -2.38. The van der Waals surface area contributed by atoms with Gasteiger partial charge < -0.3 is 9.88 Å². The molecule has 0 atom stereocenters. The van der Waals surface area contributed by atoms with Crippen LogP contribution in [0.2, 0.25) is 5.02 Å². The minimum Gasteiger partial charge on any atom is -0.381 e. The van der Waals surface area contributed by atoms with Crippen LogP contribution in [0.3, 0.4) is 0 Å². The van der Waals surface area contributed by atoms with E-state index in [-0.39, 0.29) is 11.2 Å². The molecule has 0 saturated heterocycles. The number of benzene rings is 1. The number of rotatable bonds is 3. The predicted octanol–water partition coefficient (Wildman–Crippen LogP) is 1.66. The van der Waals surface area contributed by atoms with Crippen LogP contribution >= 0.6 is 11.6 Å². The predicted molar refractivity (Wildman–Crippen MR) is 80.4 cm³/mol. The molecule has 0 unspecified atom stereocenters. The summed E-state index contributed by atoms with van der Waals surface area (Å²) < 4.78 is 2.49. The maximum absolute atomic E-state index is 12.0. The molecule has 0 bridgehead atoms. The van der Waals surface area contributed by atoms with E-state index in [0.29, 0.717) is 17.1 Å². The molecule has 1 aromatic heterocycles. The summed E-state index contributed by atoms with van der Waals surface area (Å²) >= 11 is 6.05. The fraction of sp³-hybridized carbons (Fsp3) is 0.286. The monoisotopic (exact) mass is 293 g/mol. The first-order valence-electron chi connectivity index (χ1n) is 6.15. The first kappa shape index (κ1) is 14.4. The lowest BCUT2D eigenvalue weighted by atomic mass is 10.2. The zero-order valence-corrected chi connectivity index (χ0v) is 12.4. The van der Waals surface area contributed by atoms with E-state index < -0.39 is 0 Å². The van der Waals surface area contributed by atoms with Crippen molar-refractivity contribution in [2.45, 2.75) is 13.5 Å². The van der Waals surface area contributed by atoms with Crippen molar-refractivity contribution in [3.8, 4) is 0 Å².